The van der Waals surface area contributed by atoms with Crippen molar-refractivity contribution >= 4 is 28.4 Å². The van der Waals surface area contributed by atoms with E-state index in [1.54, 1.807) is 24.4 Å². The van der Waals surface area contributed by atoms with E-state index >= 15 is 0 Å². The summed E-state index contributed by atoms with van der Waals surface area (Å²) < 4.78 is 13.7. The van der Waals surface area contributed by atoms with Crippen molar-refractivity contribution in [3.05, 3.63) is 78.4 Å². The minimum absolute atomic E-state index is 0.262. The zero-order chi connectivity index (χ0) is 17.8. The van der Waals surface area contributed by atoms with E-state index in [2.05, 4.69) is 30.8 Å². The number of nitrogens with zero attached hydrogens (tertiary/aromatic N) is 4. The number of pyridine rings is 1. The first kappa shape index (κ1) is 15.9. The van der Waals surface area contributed by atoms with Crippen LogP contribution in [0.4, 0.5) is 21.8 Å². The average Bonchev–Trinajstić information content (AvgIpc) is 2.68. The lowest BCUT2D eigenvalue weighted by Gasteiger charge is -2.09. The Morgan fingerprint density at radius 2 is 1.85 bits per heavy atom. The average molecular weight is 346 g/mol. The van der Waals surface area contributed by atoms with E-state index in [-0.39, 0.29) is 5.82 Å². The van der Waals surface area contributed by atoms with Crippen LogP contribution in [-0.2, 0) is 6.54 Å². The summed E-state index contributed by atoms with van der Waals surface area (Å²) in [6, 6.07) is 16.3. The van der Waals surface area contributed by atoms with Crippen LogP contribution in [0.3, 0.4) is 0 Å². The number of nitrogens with one attached hydrogen (secondary N) is 2. The zero-order valence-electron chi connectivity index (χ0n) is 13.7. The quantitative estimate of drug-likeness (QED) is 0.570. The van der Waals surface area contributed by atoms with Gasteiger partial charge in [0.25, 0.3) is 0 Å². The second-order valence-corrected chi connectivity index (χ2v) is 5.62. The van der Waals surface area contributed by atoms with Crippen molar-refractivity contribution in [3.8, 4) is 0 Å². The molecule has 128 valence electrons. The van der Waals surface area contributed by atoms with Crippen LogP contribution in [0.25, 0.3) is 10.9 Å². The van der Waals surface area contributed by atoms with Crippen molar-refractivity contribution in [1.29, 1.82) is 0 Å². The van der Waals surface area contributed by atoms with E-state index in [0.717, 1.165) is 16.6 Å². The van der Waals surface area contributed by atoms with Crippen LogP contribution < -0.4 is 10.6 Å². The molecular weight excluding hydrogens is 331 g/mol. The molecule has 2 N–H and O–H groups in total. The van der Waals surface area contributed by atoms with Crippen molar-refractivity contribution in [2.24, 2.45) is 0 Å². The Balaban J connectivity index is 1.53. The van der Waals surface area contributed by atoms with Gasteiger partial charge in [-0.3, -0.25) is 4.98 Å². The summed E-state index contributed by atoms with van der Waals surface area (Å²) >= 11 is 0. The fourth-order valence-electron chi connectivity index (χ4n) is 2.59. The lowest BCUT2D eigenvalue weighted by atomic mass is 10.2. The Kier molecular flexibility index (Phi) is 4.34. The van der Waals surface area contributed by atoms with E-state index in [1.807, 2.05) is 30.3 Å². The number of para-hydroxylation sites is 1. The third kappa shape index (κ3) is 3.41. The number of hydrogen-bond donors (Lipinski definition) is 2. The minimum atomic E-state index is -0.262. The molecule has 4 aromatic rings. The molecule has 26 heavy (non-hydrogen) atoms. The van der Waals surface area contributed by atoms with Crippen molar-refractivity contribution in [2.75, 3.05) is 10.6 Å². The summed E-state index contributed by atoms with van der Waals surface area (Å²) in [4.78, 5) is 8.76. The highest BCUT2D eigenvalue weighted by molar-refractivity contribution is 5.91. The van der Waals surface area contributed by atoms with Gasteiger partial charge in [-0.15, -0.1) is 5.10 Å². The first-order valence-corrected chi connectivity index (χ1v) is 8.07. The van der Waals surface area contributed by atoms with E-state index in [0.29, 0.717) is 23.9 Å². The zero-order valence-corrected chi connectivity index (χ0v) is 13.7. The van der Waals surface area contributed by atoms with Crippen molar-refractivity contribution in [1.82, 2.24) is 20.2 Å². The molecule has 0 radical (unpaired) electrons. The second-order valence-electron chi connectivity index (χ2n) is 5.62. The molecule has 0 fully saturated rings. The third-order valence-electron chi connectivity index (χ3n) is 3.86. The van der Waals surface area contributed by atoms with E-state index in [4.69, 9.17) is 0 Å². The Morgan fingerprint density at radius 1 is 0.962 bits per heavy atom. The van der Waals surface area contributed by atoms with Crippen LogP contribution in [-0.4, -0.2) is 20.2 Å². The first-order chi connectivity index (χ1) is 12.8. The predicted molar refractivity (Wildman–Crippen MR) is 98.6 cm³/mol. The SMILES string of the molecule is Fc1ccccc1CNc1cnnc(Nc2cccc3cccnc23)n1. The number of benzene rings is 2. The molecular formula is C19H15FN6. The van der Waals surface area contributed by atoms with Gasteiger partial charge in [0.2, 0.25) is 5.95 Å². The van der Waals surface area contributed by atoms with Gasteiger partial charge in [-0.05, 0) is 18.2 Å². The molecule has 2 aromatic heterocycles. The molecule has 0 saturated heterocycles. The van der Waals surface area contributed by atoms with Gasteiger partial charge >= 0.3 is 0 Å². The third-order valence-corrected chi connectivity index (χ3v) is 3.86. The van der Waals surface area contributed by atoms with Gasteiger partial charge in [0.05, 0.1) is 17.4 Å². The normalized spacial score (nSPS) is 10.7. The maximum atomic E-state index is 13.7. The molecule has 0 spiro atoms. The van der Waals surface area contributed by atoms with Gasteiger partial charge in [-0.2, -0.15) is 10.1 Å². The Labute approximate surface area is 149 Å². The summed E-state index contributed by atoms with van der Waals surface area (Å²) in [5.41, 5.74) is 2.17. The lowest BCUT2D eigenvalue weighted by molar-refractivity contribution is 0.613. The smallest absolute Gasteiger partial charge is 0.249 e. The second kappa shape index (κ2) is 7.10. The van der Waals surface area contributed by atoms with Crippen LogP contribution in [0.1, 0.15) is 5.56 Å². The molecule has 0 saturated carbocycles. The van der Waals surface area contributed by atoms with Gasteiger partial charge < -0.3 is 10.6 Å². The molecule has 0 aliphatic carbocycles. The molecule has 2 aromatic carbocycles. The summed E-state index contributed by atoms with van der Waals surface area (Å²) in [6.07, 6.45) is 3.23. The maximum Gasteiger partial charge on any atom is 0.249 e. The molecule has 2 heterocycles. The number of halogens is 1. The topological polar surface area (TPSA) is 75.6 Å². The Bertz CT molecular complexity index is 1050. The number of fused-ring (bicyclic) bond motifs is 1. The first-order valence-electron chi connectivity index (χ1n) is 8.07. The van der Waals surface area contributed by atoms with Crippen LogP contribution >= 0.6 is 0 Å². The van der Waals surface area contributed by atoms with Gasteiger partial charge in [0.15, 0.2) is 5.82 Å². The molecule has 0 bridgehead atoms. The highest BCUT2D eigenvalue weighted by Gasteiger charge is 2.06. The minimum Gasteiger partial charge on any atom is -0.364 e. The summed E-state index contributed by atoms with van der Waals surface area (Å²) in [5.74, 6) is 0.572. The van der Waals surface area contributed by atoms with Crippen LogP contribution in [0.2, 0.25) is 0 Å². The number of anilines is 3. The molecule has 0 atom stereocenters. The van der Waals surface area contributed by atoms with Crippen molar-refractivity contribution in [2.45, 2.75) is 6.54 Å². The summed E-state index contributed by atoms with van der Waals surface area (Å²) in [5, 5.41) is 15.1. The fourth-order valence-corrected chi connectivity index (χ4v) is 2.59. The van der Waals surface area contributed by atoms with Crippen molar-refractivity contribution in [3.63, 3.8) is 0 Å². The van der Waals surface area contributed by atoms with E-state index in [1.165, 1.54) is 12.3 Å². The van der Waals surface area contributed by atoms with E-state index in [9.17, 15) is 4.39 Å². The molecule has 0 amide bonds. The Morgan fingerprint density at radius 3 is 2.77 bits per heavy atom. The Hall–Kier alpha value is -3.61. The summed E-state index contributed by atoms with van der Waals surface area (Å²) in [6.45, 7) is 0.306. The van der Waals surface area contributed by atoms with Gasteiger partial charge in [0, 0.05) is 23.7 Å². The maximum absolute atomic E-state index is 13.7. The van der Waals surface area contributed by atoms with Gasteiger partial charge in [-0.1, -0.05) is 36.4 Å². The van der Waals surface area contributed by atoms with Crippen LogP contribution in [0.5, 0.6) is 0 Å². The molecule has 7 heteroatoms. The number of rotatable bonds is 5. The molecule has 4 rings (SSSR count). The van der Waals surface area contributed by atoms with Crippen LogP contribution in [0.15, 0.2) is 67.0 Å². The molecule has 0 unspecified atom stereocenters. The standard InChI is InChI=1S/C19H15FN6/c20-15-8-2-1-5-14(15)11-22-17-12-23-26-19(25-17)24-16-9-3-6-13-7-4-10-21-18(13)16/h1-10,12H,11H2,(H2,22,24,25,26). The molecule has 0 aliphatic heterocycles. The highest BCUT2D eigenvalue weighted by Crippen LogP contribution is 2.23. The highest BCUT2D eigenvalue weighted by atomic mass is 19.1. The monoisotopic (exact) mass is 346 g/mol. The predicted octanol–water partition coefficient (Wildman–Crippen LogP) is 3.91. The summed E-state index contributed by atoms with van der Waals surface area (Å²) in [7, 11) is 0. The van der Waals surface area contributed by atoms with Crippen LogP contribution in [0, 0.1) is 5.82 Å². The van der Waals surface area contributed by atoms with Gasteiger partial charge in [0.1, 0.15) is 5.82 Å². The largest absolute Gasteiger partial charge is 0.364 e. The number of aromatic nitrogens is 4. The molecule has 6 nitrogen and oxygen atoms in total. The lowest BCUT2D eigenvalue weighted by Crippen LogP contribution is -2.06. The van der Waals surface area contributed by atoms with E-state index < -0.39 is 0 Å². The fraction of sp³-hybridized carbons (Fsp3) is 0.0526. The van der Waals surface area contributed by atoms with Gasteiger partial charge in [-0.25, -0.2) is 4.39 Å². The number of hydrogen-bond acceptors (Lipinski definition) is 6. The molecule has 0 aliphatic rings. The van der Waals surface area contributed by atoms with Crippen molar-refractivity contribution < 1.29 is 4.39 Å².